The van der Waals surface area contributed by atoms with Crippen molar-refractivity contribution < 1.29 is 9.47 Å². The Balaban J connectivity index is 1.71. The molecular formula is C21H26N2O2S. The second-order valence-corrected chi connectivity index (χ2v) is 6.06. The van der Waals surface area contributed by atoms with Crippen LogP contribution in [0.1, 0.15) is 18.9 Å². The second kappa shape index (κ2) is 11.2. The molecule has 0 unspecified atom stereocenters. The molecule has 0 bridgehead atoms. The average molecular weight is 371 g/mol. The van der Waals surface area contributed by atoms with E-state index >= 15 is 0 Å². The van der Waals surface area contributed by atoms with Crippen LogP contribution in [0.2, 0.25) is 0 Å². The lowest BCUT2D eigenvalue weighted by Gasteiger charge is -2.12. The van der Waals surface area contributed by atoms with E-state index < -0.39 is 0 Å². The number of anilines is 1. The molecule has 0 heterocycles. The van der Waals surface area contributed by atoms with E-state index in [0.29, 0.717) is 18.3 Å². The summed E-state index contributed by atoms with van der Waals surface area (Å²) < 4.78 is 11.1. The van der Waals surface area contributed by atoms with Gasteiger partial charge in [0.2, 0.25) is 0 Å². The van der Waals surface area contributed by atoms with Gasteiger partial charge in [0, 0.05) is 12.2 Å². The molecule has 0 aromatic heterocycles. The number of hydrogen-bond donors (Lipinski definition) is 2. The van der Waals surface area contributed by atoms with Gasteiger partial charge in [-0.1, -0.05) is 30.9 Å². The van der Waals surface area contributed by atoms with Gasteiger partial charge in [0.15, 0.2) is 5.11 Å². The quantitative estimate of drug-likeness (QED) is 0.364. The van der Waals surface area contributed by atoms with Gasteiger partial charge in [-0.05, 0) is 67.9 Å². The lowest BCUT2D eigenvalue weighted by atomic mass is 10.1. The number of hydrogen-bond acceptors (Lipinski definition) is 3. The van der Waals surface area contributed by atoms with Crippen molar-refractivity contribution in [3.05, 3.63) is 66.7 Å². The summed E-state index contributed by atoms with van der Waals surface area (Å²) in [6, 6.07) is 15.8. The van der Waals surface area contributed by atoms with E-state index in [0.717, 1.165) is 36.6 Å². The Morgan fingerprint density at radius 3 is 2.62 bits per heavy atom. The molecule has 2 N–H and O–H groups in total. The standard InChI is InChI=1S/C21H26N2O2S/c1-3-16-25-19-13-11-18(12-14-19)23-21(26)22-15-7-9-17-8-5-6-10-20(17)24-4-2/h3,5-6,8,10-14H,1,4,7,9,15-16H2,2H3,(H2,22,23,26). The molecule has 0 fully saturated rings. The highest BCUT2D eigenvalue weighted by Crippen LogP contribution is 2.19. The summed E-state index contributed by atoms with van der Waals surface area (Å²) in [5.41, 5.74) is 2.15. The number of benzene rings is 2. The molecule has 2 aromatic rings. The Labute approximate surface area is 161 Å². The summed E-state index contributed by atoms with van der Waals surface area (Å²) >= 11 is 5.34. The molecule has 5 heteroatoms. The summed E-state index contributed by atoms with van der Waals surface area (Å²) in [6.07, 6.45) is 3.64. The lowest BCUT2D eigenvalue weighted by Crippen LogP contribution is -2.29. The Bertz CT molecular complexity index is 701. The largest absolute Gasteiger partial charge is 0.494 e. The first-order valence-electron chi connectivity index (χ1n) is 8.82. The van der Waals surface area contributed by atoms with Gasteiger partial charge in [0.25, 0.3) is 0 Å². The summed E-state index contributed by atoms with van der Waals surface area (Å²) in [5, 5.41) is 7.03. The highest BCUT2D eigenvalue weighted by molar-refractivity contribution is 7.80. The first-order chi connectivity index (χ1) is 12.7. The fourth-order valence-electron chi connectivity index (χ4n) is 2.45. The third-order valence-corrected chi connectivity index (χ3v) is 3.91. The Morgan fingerprint density at radius 1 is 1.12 bits per heavy atom. The summed E-state index contributed by atoms with van der Waals surface area (Å²) in [7, 11) is 0. The molecule has 0 aliphatic rings. The van der Waals surface area contributed by atoms with E-state index in [-0.39, 0.29) is 0 Å². The zero-order valence-corrected chi connectivity index (χ0v) is 16.0. The zero-order chi connectivity index (χ0) is 18.6. The van der Waals surface area contributed by atoms with Crippen LogP contribution in [0, 0.1) is 0 Å². The fourth-order valence-corrected chi connectivity index (χ4v) is 2.67. The molecule has 4 nitrogen and oxygen atoms in total. The first-order valence-corrected chi connectivity index (χ1v) is 9.23. The molecule has 2 rings (SSSR count). The smallest absolute Gasteiger partial charge is 0.170 e. The maximum atomic E-state index is 5.65. The van der Waals surface area contributed by atoms with Crippen LogP contribution >= 0.6 is 12.2 Å². The van der Waals surface area contributed by atoms with E-state index in [2.05, 4.69) is 23.3 Å². The van der Waals surface area contributed by atoms with Crippen LogP contribution in [-0.4, -0.2) is 24.9 Å². The van der Waals surface area contributed by atoms with Crippen molar-refractivity contribution in [2.24, 2.45) is 0 Å². The second-order valence-electron chi connectivity index (χ2n) is 5.65. The van der Waals surface area contributed by atoms with Crippen LogP contribution in [0.4, 0.5) is 5.69 Å². The van der Waals surface area contributed by atoms with Crippen LogP contribution in [0.3, 0.4) is 0 Å². The number of ether oxygens (including phenoxy) is 2. The summed E-state index contributed by atoms with van der Waals surface area (Å²) in [5.74, 6) is 1.77. The summed E-state index contributed by atoms with van der Waals surface area (Å²) in [4.78, 5) is 0. The van der Waals surface area contributed by atoms with Crippen LogP contribution in [-0.2, 0) is 6.42 Å². The predicted octanol–water partition coefficient (Wildman–Crippen LogP) is 4.57. The van der Waals surface area contributed by atoms with Crippen LogP contribution in [0.5, 0.6) is 11.5 Å². The number of aryl methyl sites for hydroxylation is 1. The van der Waals surface area contributed by atoms with E-state index in [1.54, 1.807) is 6.08 Å². The number of para-hydroxylation sites is 1. The van der Waals surface area contributed by atoms with E-state index in [4.69, 9.17) is 21.7 Å². The number of rotatable bonds is 10. The van der Waals surface area contributed by atoms with Crippen molar-refractivity contribution in [2.45, 2.75) is 19.8 Å². The minimum Gasteiger partial charge on any atom is -0.494 e. The summed E-state index contributed by atoms with van der Waals surface area (Å²) in [6.45, 7) is 7.61. The molecule has 0 saturated carbocycles. The van der Waals surface area contributed by atoms with Gasteiger partial charge in [0.1, 0.15) is 18.1 Å². The van der Waals surface area contributed by atoms with Crippen LogP contribution < -0.4 is 20.1 Å². The zero-order valence-electron chi connectivity index (χ0n) is 15.2. The predicted molar refractivity (Wildman–Crippen MR) is 112 cm³/mol. The normalized spacial score (nSPS) is 10.0. The Kier molecular flexibility index (Phi) is 8.49. The van der Waals surface area contributed by atoms with E-state index in [1.807, 2.05) is 49.4 Å². The van der Waals surface area contributed by atoms with E-state index in [1.165, 1.54) is 5.56 Å². The molecule has 0 aliphatic carbocycles. The van der Waals surface area contributed by atoms with Crippen molar-refractivity contribution in [3.63, 3.8) is 0 Å². The third kappa shape index (κ3) is 6.76. The van der Waals surface area contributed by atoms with Gasteiger partial charge >= 0.3 is 0 Å². The van der Waals surface area contributed by atoms with Crippen LogP contribution in [0.25, 0.3) is 0 Å². The maximum Gasteiger partial charge on any atom is 0.170 e. The lowest BCUT2D eigenvalue weighted by molar-refractivity contribution is 0.336. The van der Waals surface area contributed by atoms with Crippen molar-refractivity contribution in [3.8, 4) is 11.5 Å². The molecular weight excluding hydrogens is 344 g/mol. The topological polar surface area (TPSA) is 42.5 Å². The van der Waals surface area contributed by atoms with Gasteiger partial charge < -0.3 is 20.1 Å². The molecule has 0 radical (unpaired) electrons. The number of nitrogens with one attached hydrogen (secondary N) is 2. The van der Waals surface area contributed by atoms with Crippen molar-refractivity contribution in [2.75, 3.05) is 25.1 Å². The third-order valence-electron chi connectivity index (χ3n) is 3.66. The highest BCUT2D eigenvalue weighted by atomic mass is 32.1. The molecule has 0 atom stereocenters. The van der Waals surface area contributed by atoms with Gasteiger partial charge in [-0.15, -0.1) is 0 Å². The molecule has 0 aliphatic heterocycles. The highest BCUT2D eigenvalue weighted by Gasteiger charge is 2.03. The van der Waals surface area contributed by atoms with Crippen LogP contribution in [0.15, 0.2) is 61.2 Å². The minimum atomic E-state index is 0.499. The molecule has 0 amide bonds. The Morgan fingerprint density at radius 2 is 1.88 bits per heavy atom. The fraction of sp³-hybridized carbons (Fsp3) is 0.286. The van der Waals surface area contributed by atoms with E-state index in [9.17, 15) is 0 Å². The van der Waals surface area contributed by atoms with Crippen molar-refractivity contribution >= 4 is 23.0 Å². The first kappa shape index (κ1) is 19.8. The maximum absolute atomic E-state index is 5.65. The Hall–Kier alpha value is -2.53. The van der Waals surface area contributed by atoms with Gasteiger partial charge in [-0.3, -0.25) is 0 Å². The van der Waals surface area contributed by atoms with Gasteiger partial charge in [0.05, 0.1) is 6.61 Å². The molecule has 2 aromatic carbocycles. The number of thiocarbonyl (C=S) groups is 1. The monoisotopic (exact) mass is 370 g/mol. The van der Waals surface area contributed by atoms with Gasteiger partial charge in [-0.25, -0.2) is 0 Å². The molecule has 0 spiro atoms. The van der Waals surface area contributed by atoms with Gasteiger partial charge in [-0.2, -0.15) is 0 Å². The molecule has 138 valence electrons. The SMILES string of the molecule is C=CCOc1ccc(NC(=S)NCCCc2ccccc2OCC)cc1. The van der Waals surface area contributed by atoms with Crippen molar-refractivity contribution in [1.29, 1.82) is 0 Å². The average Bonchev–Trinajstić information content (AvgIpc) is 2.66. The molecule has 26 heavy (non-hydrogen) atoms. The molecule has 0 saturated heterocycles. The van der Waals surface area contributed by atoms with Crippen molar-refractivity contribution in [1.82, 2.24) is 5.32 Å². The minimum absolute atomic E-state index is 0.499.